The number of aryl methyl sites for hydroxylation is 1. The number of aromatic nitrogens is 2. The molecule has 1 atom stereocenters. The summed E-state index contributed by atoms with van der Waals surface area (Å²) >= 11 is 0. The third-order valence-corrected chi connectivity index (χ3v) is 7.44. The summed E-state index contributed by atoms with van der Waals surface area (Å²) in [5, 5.41) is 13.7. The number of carboxylic acids is 1. The van der Waals surface area contributed by atoms with Crippen molar-refractivity contribution < 1.29 is 36.8 Å². The predicted octanol–water partition coefficient (Wildman–Crippen LogP) is 5.85. The lowest BCUT2D eigenvalue weighted by molar-refractivity contribution is -0.146. The molecule has 2 heterocycles. The number of carbonyl (C=O) groups excluding carboxylic acids is 1. The number of rotatable bonds is 8. The predicted molar refractivity (Wildman–Crippen MR) is 150 cm³/mol. The van der Waals surface area contributed by atoms with Crippen LogP contribution < -0.4 is 4.90 Å². The van der Waals surface area contributed by atoms with E-state index in [1.807, 2.05) is 36.1 Å². The van der Waals surface area contributed by atoms with Gasteiger partial charge in [0.15, 0.2) is 0 Å². The van der Waals surface area contributed by atoms with Crippen molar-refractivity contribution in [1.82, 2.24) is 15.0 Å². The van der Waals surface area contributed by atoms with Gasteiger partial charge in [-0.05, 0) is 67.4 Å². The van der Waals surface area contributed by atoms with Crippen molar-refractivity contribution >= 4 is 17.6 Å². The maximum Gasteiger partial charge on any atom is 0.416 e. The highest BCUT2D eigenvalue weighted by Crippen LogP contribution is 2.31. The van der Waals surface area contributed by atoms with Gasteiger partial charge in [0.2, 0.25) is 11.7 Å². The molecule has 3 aromatic carbocycles. The molecule has 12 heteroatoms. The first kappa shape index (κ1) is 29.7. The van der Waals surface area contributed by atoms with Gasteiger partial charge in [-0.3, -0.25) is 9.59 Å². The SMILES string of the molecule is Cc1ccc(-c2nc(-c3ccc(CC(CC(=O)N4CCN(c5ccc(C(F)(F)F)cc5)CC4)C(=O)O)cc3F)no2)cc1. The van der Waals surface area contributed by atoms with Crippen LogP contribution in [0.2, 0.25) is 0 Å². The van der Waals surface area contributed by atoms with Crippen LogP contribution in [0.25, 0.3) is 22.8 Å². The van der Waals surface area contributed by atoms with Crippen LogP contribution in [0.3, 0.4) is 0 Å². The van der Waals surface area contributed by atoms with Crippen LogP contribution in [0.4, 0.5) is 23.2 Å². The lowest BCUT2D eigenvalue weighted by atomic mass is 9.94. The van der Waals surface area contributed by atoms with Crippen molar-refractivity contribution in [3.63, 3.8) is 0 Å². The second kappa shape index (κ2) is 12.2. The lowest BCUT2D eigenvalue weighted by Crippen LogP contribution is -2.49. The molecule has 0 radical (unpaired) electrons. The smallest absolute Gasteiger partial charge is 0.416 e. The second-order valence-corrected chi connectivity index (χ2v) is 10.5. The number of hydrogen-bond acceptors (Lipinski definition) is 6. The fourth-order valence-electron chi connectivity index (χ4n) is 4.96. The number of alkyl halides is 3. The van der Waals surface area contributed by atoms with Crippen molar-refractivity contribution in [3.8, 4) is 22.8 Å². The minimum absolute atomic E-state index is 0.0556. The highest BCUT2D eigenvalue weighted by Gasteiger charge is 2.31. The Kier molecular flexibility index (Phi) is 8.47. The Labute approximate surface area is 244 Å². The lowest BCUT2D eigenvalue weighted by Gasteiger charge is -2.36. The van der Waals surface area contributed by atoms with E-state index in [1.165, 1.54) is 24.3 Å². The third kappa shape index (κ3) is 7.02. The number of amides is 1. The molecular weight excluding hydrogens is 568 g/mol. The summed E-state index contributed by atoms with van der Waals surface area (Å²) in [5.41, 5.74) is 2.13. The van der Waals surface area contributed by atoms with Gasteiger partial charge < -0.3 is 19.4 Å². The molecule has 1 amide bonds. The molecule has 1 aliphatic heterocycles. The number of carbonyl (C=O) groups is 2. The van der Waals surface area contributed by atoms with Crippen LogP contribution in [0, 0.1) is 18.7 Å². The van der Waals surface area contributed by atoms with Crippen LogP contribution in [-0.4, -0.2) is 58.2 Å². The van der Waals surface area contributed by atoms with Crippen molar-refractivity contribution in [3.05, 3.63) is 89.2 Å². The summed E-state index contributed by atoms with van der Waals surface area (Å²) in [4.78, 5) is 32.7. The number of aliphatic carboxylic acids is 1. The number of piperazine rings is 1. The highest BCUT2D eigenvalue weighted by atomic mass is 19.4. The maximum absolute atomic E-state index is 15.1. The first-order valence-electron chi connectivity index (χ1n) is 13.6. The van der Waals surface area contributed by atoms with E-state index in [2.05, 4.69) is 10.1 Å². The molecule has 0 bridgehead atoms. The molecule has 4 aromatic rings. The Bertz CT molecular complexity index is 1600. The normalized spacial score (nSPS) is 14.5. The Morgan fingerprint density at radius 1 is 0.977 bits per heavy atom. The Hall–Kier alpha value is -4.74. The fourth-order valence-corrected chi connectivity index (χ4v) is 4.96. The van der Waals surface area contributed by atoms with Crippen molar-refractivity contribution in [2.45, 2.75) is 25.9 Å². The minimum atomic E-state index is -4.42. The minimum Gasteiger partial charge on any atom is -0.481 e. The van der Waals surface area contributed by atoms with Gasteiger partial charge in [0.1, 0.15) is 5.82 Å². The summed E-state index contributed by atoms with van der Waals surface area (Å²) in [6.07, 6.45) is -4.76. The van der Waals surface area contributed by atoms with Gasteiger partial charge in [-0.1, -0.05) is 28.9 Å². The van der Waals surface area contributed by atoms with E-state index in [0.29, 0.717) is 43.0 Å². The molecular formula is C31H28F4N4O4. The summed E-state index contributed by atoms with van der Waals surface area (Å²) in [6, 6.07) is 16.5. The molecule has 0 saturated carbocycles. The van der Waals surface area contributed by atoms with Crippen molar-refractivity contribution in [2.75, 3.05) is 31.1 Å². The Morgan fingerprint density at radius 3 is 2.26 bits per heavy atom. The topological polar surface area (TPSA) is 99.8 Å². The molecule has 8 nitrogen and oxygen atoms in total. The summed E-state index contributed by atoms with van der Waals surface area (Å²) in [7, 11) is 0. The first-order valence-corrected chi connectivity index (χ1v) is 13.6. The number of halogens is 4. The fraction of sp³-hybridized carbons (Fsp3) is 0.290. The zero-order valence-electron chi connectivity index (χ0n) is 23.1. The van der Waals surface area contributed by atoms with E-state index in [9.17, 15) is 27.9 Å². The van der Waals surface area contributed by atoms with E-state index in [0.717, 1.165) is 17.7 Å². The van der Waals surface area contributed by atoms with E-state index < -0.39 is 29.4 Å². The quantitative estimate of drug-likeness (QED) is 0.255. The molecule has 1 N–H and O–H groups in total. The monoisotopic (exact) mass is 596 g/mol. The first-order chi connectivity index (χ1) is 20.5. The van der Waals surface area contributed by atoms with Gasteiger partial charge >= 0.3 is 12.1 Å². The van der Waals surface area contributed by atoms with Gasteiger partial charge in [0.25, 0.3) is 5.89 Å². The van der Waals surface area contributed by atoms with Crippen LogP contribution in [0.15, 0.2) is 71.3 Å². The number of carboxylic acid groups (broad SMARTS) is 1. The summed E-state index contributed by atoms with van der Waals surface area (Å²) in [6.45, 7) is 3.32. The maximum atomic E-state index is 15.1. The largest absolute Gasteiger partial charge is 0.481 e. The van der Waals surface area contributed by atoms with Gasteiger partial charge in [-0.2, -0.15) is 18.2 Å². The molecule has 1 unspecified atom stereocenters. The average Bonchev–Trinajstić information content (AvgIpc) is 3.47. The standard InChI is InChI=1S/C31H28F4N4O4/c1-19-2-5-21(6-3-19)29-36-28(37-43-29)25-11-4-20(17-26(25)32)16-22(30(41)42)18-27(40)39-14-12-38(13-15-39)24-9-7-23(8-10-24)31(33,34)35/h2-11,17,22H,12-16,18H2,1H3,(H,41,42). The van der Waals surface area contributed by atoms with Gasteiger partial charge in [0, 0.05) is 43.9 Å². The number of benzene rings is 3. The number of anilines is 1. The molecule has 5 rings (SSSR count). The molecule has 1 aliphatic rings. The molecule has 1 saturated heterocycles. The van der Waals surface area contributed by atoms with E-state index in [4.69, 9.17) is 4.52 Å². The van der Waals surface area contributed by atoms with Crippen LogP contribution in [-0.2, 0) is 22.2 Å². The molecule has 1 fully saturated rings. The van der Waals surface area contributed by atoms with Crippen LogP contribution >= 0.6 is 0 Å². The zero-order chi connectivity index (χ0) is 30.7. The van der Waals surface area contributed by atoms with Gasteiger partial charge in [0.05, 0.1) is 17.0 Å². The Balaban J connectivity index is 1.18. The summed E-state index contributed by atoms with van der Waals surface area (Å²) in [5.74, 6) is -2.97. The zero-order valence-corrected chi connectivity index (χ0v) is 23.1. The summed E-state index contributed by atoms with van der Waals surface area (Å²) < 4.78 is 58.9. The van der Waals surface area contributed by atoms with E-state index in [-0.39, 0.29) is 36.0 Å². The van der Waals surface area contributed by atoms with Gasteiger partial charge in [-0.25, -0.2) is 4.39 Å². The molecule has 0 aliphatic carbocycles. The number of nitrogens with zero attached hydrogens (tertiary/aromatic N) is 4. The molecule has 224 valence electrons. The van der Waals surface area contributed by atoms with Gasteiger partial charge in [-0.15, -0.1) is 0 Å². The Morgan fingerprint density at radius 2 is 1.65 bits per heavy atom. The van der Waals surface area contributed by atoms with Crippen LogP contribution in [0.1, 0.15) is 23.1 Å². The highest BCUT2D eigenvalue weighted by molar-refractivity contribution is 5.82. The van der Waals surface area contributed by atoms with E-state index >= 15 is 4.39 Å². The third-order valence-electron chi connectivity index (χ3n) is 7.44. The molecule has 1 aromatic heterocycles. The molecule has 0 spiro atoms. The second-order valence-electron chi connectivity index (χ2n) is 10.5. The van der Waals surface area contributed by atoms with E-state index in [1.54, 1.807) is 11.0 Å². The van der Waals surface area contributed by atoms with Crippen molar-refractivity contribution in [1.29, 1.82) is 0 Å². The molecule has 43 heavy (non-hydrogen) atoms. The van der Waals surface area contributed by atoms with Crippen molar-refractivity contribution in [2.24, 2.45) is 5.92 Å². The average molecular weight is 597 g/mol. The number of hydrogen-bond donors (Lipinski definition) is 1. The van der Waals surface area contributed by atoms with Crippen LogP contribution in [0.5, 0.6) is 0 Å².